The van der Waals surface area contributed by atoms with Gasteiger partial charge in [0.25, 0.3) is 10.0 Å². The fourth-order valence-electron chi connectivity index (χ4n) is 3.61. The van der Waals surface area contributed by atoms with E-state index in [1.54, 1.807) is 36.4 Å². The number of amides is 1. The van der Waals surface area contributed by atoms with Crippen molar-refractivity contribution in [3.05, 3.63) is 82.9 Å². The molecule has 0 unspecified atom stereocenters. The van der Waals surface area contributed by atoms with Crippen LogP contribution >= 0.6 is 11.6 Å². The maximum atomic E-state index is 13.5. The number of benzene rings is 3. The van der Waals surface area contributed by atoms with E-state index in [-0.39, 0.29) is 10.9 Å². The van der Waals surface area contributed by atoms with Crippen molar-refractivity contribution in [2.45, 2.75) is 24.8 Å². The van der Waals surface area contributed by atoms with Crippen LogP contribution in [0, 0.1) is 6.92 Å². The van der Waals surface area contributed by atoms with Crippen molar-refractivity contribution < 1.29 is 22.7 Å². The molecule has 1 N–H and O–H groups in total. The molecule has 178 valence electrons. The highest BCUT2D eigenvalue weighted by Gasteiger charge is 2.28. The van der Waals surface area contributed by atoms with E-state index in [0.717, 1.165) is 15.4 Å². The molecule has 0 saturated heterocycles. The highest BCUT2D eigenvalue weighted by molar-refractivity contribution is 7.92. The van der Waals surface area contributed by atoms with E-state index >= 15 is 0 Å². The van der Waals surface area contributed by atoms with Gasteiger partial charge >= 0.3 is 0 Å². The Bertz CT molecular complexity index is 1290. The van der Waals surface area contributed by atoms with Crippen LogP contribution in [-0.2, 0) is 14.8 Å². The minimum Gasteiger partial charge on any atom is -0.486 e. The Labute approximate surface area is 204 Å². The number of hydrogen-bond acceptors (Lipinski definition) is 5. The van der Waals surface area contributed by atoms with Gasteiger partial charge in [-0.15, -0.1) is 0 Å². The van der Waals surface area contributed by atoms with Gasteiger partial charge in [0.15, 0.2) is 11.5 Å². The lowest BCUT2D eigenvalue weighted by Crippen LogP contribution is -2.41. The standard InChI is InChI=1S/C25H25ClN2O5S/c1-17-6-9-22(10-7-17)34(30,31)28(21-5-3-4-20(26)15-21)16-25(29)27-18(2)19-8-11-23-24(14-19)33-13-12-32-23/h3-11,14-15,18H,12-13,16H2,1-2H3,(H,27,29)/t18-/m1/s1. The Morgan fingerprint density at radius 1 is 1.03 bits per heavy atom. The van der Waals surface area contributed by atoms with E-state index in [0.29, 0.717) is 35.4 Å². The number of anilines is 1. The quantitative estimate of drug-likeness (QED) is 0.516. The largest absolute Gasteiger partial charge is 0.486 e. The van der Waals surface area contributed by atoms with Crippen molar-refractivity contribution >= 4 is 33.2 Å². The molecule has 0 aliphatic carbocycles. The number of ether oxygens (including phenoxy) is 2. The van der Waals surface area contributed by atoms with E-state index in [2.05, 4.69) is 5.32 Å². The van der Waals surface area contributed by atoms with Crippen LogP contribution in [0.4, 0.5) is 5.69 Å². The molecule has 9 heteroatoms. The molecule has 3 aromatic carbocycles. The number of carbonyl (C=O) groups excluding carboxylic acids is 1. The molecule has 1 aliphatic rings. The summed E-state index contributed by atoms with van der Waals surface area (Å²) in [5.41, 5.74) is 2.04. The zero-order valence-electron chi connectivity index (χ0n) is 18.8. The summed E-state index contributed by atoms with van der Waals surface area (Å²) in [5, 5.41) is 3.24. The smallest absolute Gasteiger partial charge is 0.264 e. The Balaban J connectivity index is 1.57. The monoisotopic (exact) mass is 500 g/mol. The second kappa shape index (κ2) is 9.95. The normalized spacial score (nSPS) is 13.7. The number of aryl methyl sites for hydroxylation is 1. The highest BCUT2D eigenvalue weighted by Crippen LogP contribution is 2.32. The molecule has 4 rings (SSSR count). The lowest BCUT2D eigenvalue weighted by atomic mass is 10.1. The summed E-state index contributed by atoms with van der Waals surface area (Å²) in [7, 11) is -4.02. The second-order valence-electron chi connectivity index (χ2n) is 8.00. The summed E-state index contributed by atoms with van der Waals surface area (Å²) >= 11 is 6.12. The summed E-state index contributed by atoms with van der Waals surface area (Å²) in [6.45, 7) is 4.24. The molecule has 7 nitrogen and oxygen atoms in total. The Hall–Kier alpha value is -3.23. The van der Waals surface area contributed by atoms with E-state index in [4.69, 9.17) is 21.1 Å². The molecule has 0 bridgehead atoms. The third-order valence-electron chi connectivity index (χ3n) is 5.44. The number of halogens is 1. The van der Waals surface area contributed by atoms with Crippen molar-refractivity contribution in [1.29, 1.82) is 0 Å². The first kappa shape index (κ1) is 23.9. The first-order chi connectivity index (χ1) is 16.2. The van der Waals surface area contributed by atoms with Gasteiger partial charge in [-0.25, -0.2) is 8.42 Å². The first-order valence-corrected chi connectivity index (χ1v) is 12.6. The minimum atomic E-state index is -4.02. The first-order valence-electron chi connectivity index (χ1n) is 10.8. The lowest BCUT2D eigenvalue weighted by molar-refractivity contribution is -0.120. The van der Waals surface area contributed by atoms with Crippen molar-refractivity contribution in [2.24, 2.45) is 0 Å². The lowest BCUT2D eigenvalue weighted by Gasteiger charge is -2.25. The number of rotatable bonds is 7. The van der Waals surface area contributed by atoms with Gasteiger partial charge in [-0.1, -0.05) is 41.4 Å². The molecule has 0 spiro atoms. The summed E-state index contributed by atoms with van der Waals surface area (Å²) in [5.74, 6) is 0.815. The predicted molar refractivity (Wildman–Crippen MR) is 131 cm³/mol. The number of sulfonamides is 1. The Morgan fingerprint density at radius 2 is 1.74 bits per heavy atom. The van der Waals surface area contributed by atoms with Gasteiger partial charge < -0.3 is 14.8 Å². The van der Waals surface area contributed by atoms with Gasteiger partial charge in [-0.3, -0.25) is 9.10 Å². The molecule has 0 fully saturated rings. The molecule has 3 aromatic rings. The van der Waals surface area contributed by atoms with Gasteiger partial charge in [0.05, 0.1) is 16.6 Å². The van der Waals surface area contributed by atoms with E-state index < -0.39 is 22.5 Å². The minimum absolute atomic E-state index is 0.0887. The molecule has 1 amide bonds. The van der Waals surface area contributed by atoms with Gasteiger partial charge in [-0.2, -0.15) is 0 Å². The summed E-state index contributed by atoms with van der Waals surface area (Å²) in [4.78, 5) is 13.1. The van der Waals surface area contributed by atoms with Crippen LogP contribution in [0.1, 0.15) is 24.1 Å². The molecule has 0 radical (unpaired) electrons. The van der Waals surface area contributed by atoms with E-state index in [1.165, 1.54) is 18.2 Å². The van der Waals surface area contributed by atoms with Gasteiger partial charge in [-0.05, 0) is 61.9 Å². The highest BCUT2D eigenvalue weighted by atomic mass is 35.5. The van der Waals surface area contributed by atoms with Crippen LogP contribution in [0.15, 0.2) is 71.6 Å². The number of fused-ring (bicyclic) bond motifs is 1. The maximum absolute atomic E-state index is 13.5. The van der Waals surface area contributed by atoms with Crippen LogP contribution < -0.4 is 19.1 Å². The molecule has 1 heterocycles. The summed E-state index contributed by atoms with van der Waals surface area (Å²) in [6, 6.07) is 18.0. The fraction of sp³-hybridized carbons (Fsp3) is 0.240. The van der Waals surface area contributed by atoms with Crippen molar-refractivity contribution in [3.8, 4) is 11.5 Å². The van der Waals surface area contributed by atoms with Gasteiger partial charge in [0.1, 0.15) is 19.8 Å². The average Bonchev–Trinajstić information content (AvgIpc) is 2.82. The van der Waals surface area contributed by atoms with Crippen LogP contribution in [0.3, 0.4) is 0 Å². The Morgan fingerprint density at radius 3 is 2.44 bits per heavy atom. The van der Waals surface area contributed by atoms with Crippen LogP contribution in [0.25, 0.3) is 0 Å². The summed E-state index contributed by atoms with van der Waals surface area (Å²) < 4.78 is 39.2. The molecular weight excluding hydrogens is 476 g/mol. The Kier molecular flexibility index (Phi) is 7.00. The molecule has 0 saturated carbocycles. The number of nitrogens with one attached hydrogen (secondary N) is 1. The fourth-order valence-corrected chi connectivity index (χ4v) is 5.21. The van der Waals surface area contributed by atoms with Crippen molar-refractivity contribution in [3.63, 3.8) is 0 Å². The molecular formula is C25H25ClN2O5S. The zero-order valence-corrected chi connectivity index (χ0v) is 20.4. The summed E-state index contributed by atoms with van der Waals surface area (Å²) in [6.07, 6.45) is 0. The van der Waals surface area contributed by atoms with Crippen LogP contribution in [-0.4, -0.2) is 34.1 Å². The van der Waals surface area contributed by atoms with Crippen molar-refractivity contribution in [2.75, 3.05) is 24.1 Å². The third kappa shape index (κ3) is 5.29. The molecule has 1 aliphatic heterocycles. The average molecular weight is 501 g/mol. The second-order valence-corrected chi connectivity index (χ2v) is 10.3. The van der Waals surface area contributed by atoms with Gasteiger partial charge in [0.2, 0.25) is 5.91 Å². The van der Waals surface area contributed by atoms with Crippen LogP contribution in [0.2, 0.25) is 5.02 Å². The van der Waals surface area contributed by atoms with Gasteiger partial charge in [0, 0.05) is 5.02 Å². The number of carbonyl (C=O) groups is 1. The zero-order chi connectivity index (χ0) is 24.3. The molecule has 1 atom stereocenters. The topological polar surface area (TPSA) is 84.9 Å². The molecule has 0 aromatic heterocycles. The van der Waals surface area contributed by atoms with E-state index in [1.807, 2.05) is 26.0 Å². The number of nitrogens with zero attached hydrogens (tertiary/aromatic N) is 1. The predicted octanol–water partition coefficient (Wildman–Crippen LogP) is 4.49. The SMILES string of the molecule is Cc1ccc(S(=O)(=O)N(CC(=O)N[C@H](C)c2ccc3c(c2)OCCO3)c2cccc(Cl)c2)cc1. The third-order valence-corrected chi connectivity index (χ3v) is 7.46. The number of hydrogen-bond donors (Lipinski definition) is 1. The maximum Gasteiger partial charge on any atom is 0.264 e. The molecule has 34 heavy (non-hydrogen) atoms. The van der Waals surface area contributed by atoms with Crippen molar-refractivity contribution in [1.82, 2.24) is 5.32 Å². The van der Waals surface area contributed by atoms with E-state index in [9.17, 15) is 13.2 Å². The van der Waals surface area contributed by atoms with Crippen LogP contribution in [0.5, 0.6) is 11.5 Å².